The average Bonchev–Trinajstić information content (AvgIpc) is 2.65. The topological polar surface area (TPSA) is 77.0 Å². The molecule has 1 atom stereocenters. The van der Waals surface area contributed by atoms with Gasteiger partial charge in [-0.15, -0.1) is 0 Å². The van der Waals surface area contributed by atoms with Crippen molar-refractivity contribution in [2.24, 2.45) is 0 Å². The van der Waals surface area contributed by atoms with Crippen LogP contribution in [0.3, 0.4) is 0 Å². The van der Waals surface area contributed by atoms with Crippen LogP contribution in [0.2, 0.25) is 0 Å². The van der Waals surface area contributed by atoms with Gasteiger partial charge in [0.1, 0.15) is 6.61 Å². The van der Waals surface area contributed by atoms with Crippen molar-refractivity contribution in [2.75, 3.05) is 19.8 Å². The largest absolute Gasteiger partial charge is 0.497 e. The summed E-state index contributed by atoms with van der Waals surface area (Å²) in [6.45, 7) is 3.16. The Bertz CT molecular complexity index is 510. The molecule has 3 aliphatic rings. The molecule has 0 aliphatic carbocycles. The lowest BCUT2D eigenvalue weighted by atomic mass is 9.69. The summed E-state index contributed by atoms with van der Waals surface area (Å²) in [4.78, 5) is 10.6. The predicted octanol–water partition coefficient (Wildman–Crippen LogP) is 0.867. The van der Waals surface area contributed by atoms with Crippen LogP contribution >= 0.6 is 0 Å². The van der Waals surface area contributed by atoms with Gasteiger partial charge in [0.05, 0.1) is 19.0 Å². The van der Waals surface area contributed by atoms with Crippen LogP contribution in [-0.2, 0) is 14.0 Å². The molecule has 3 rings (SSSR count). The van der Waals surface area contributed by atoms with Crippen molar-refractivity contribution in [1.82, 2.24) is 5.32 Å². The van der Waals surface area contributed by atoms with Crippen LogP contribution in [0.1, 0.15) is 6.92 Å². The Morgan fingerprint density at radius 2 is 2.42 bits per heavy atom. The Hall–Kier alpha value is -1.73. The molecular weight excluding hydrogens is 249 g/mol. The van der Waals surface area contributed by atoms with E-state index in [1.807, 2.05) is 13.0 Å². The van der Waals surface area contributed by atoms with Crippen LogP contribution in [0, 0.1) is 0 Å². The van der Waals surface area contributed by atoms with Gasteiger partial charge in [-0.3, -0.25) is 0 Å². The number of amides is 1. The third-order valence-electron chi connectivity index (χ3n) is 3.54. The molecule has 0 saturated heterocycles. The van der Waals surface area contributed by atoms with Gasteiger partial charge in [-0.05, 0) is 35.2 Å². The maximum Gasteiger partial charge on any atom is 0.495 e. The number of carbonyl (C=O) groups is 1. The first-order valence-corrected chi connectivity index (χ1v) is 6.12. The Balaban J connectivity index is 1.93. The number of carboxylic acid groups (broad SMARTS) is 1. The second-order valence-electron chi connectivity index (χ2n) is 4.68. The van der Waals surface area contributed by atoms with E-state index in [0.29, 0.717) is 13.2 Å². The molecule has 3 aliphatic heterocycles. The van der Waals surface area contributed by atoms with E-state index in [4.69, 9.17) is 19.2 Å². The van der Waals surface area contributed by atoms with Crippen LogP contribution in [0.4, 0.5) is 4.79 Å². The van der Waals surface area contributed by atoms with Gasteiger partial charge in [-0.2, -0.15) is 0 Å². The van der Waals surface area contributed by atoms with E-state index in [9.17, 15) is 4.79 Å². The number of hydrogen-bond donors (Lipinski definition) is 2. The molecule has 0 bridgehead atoms. The van der Waals surface area contributed by atoms with Crippen LogP contribution in [0.25, 0.3) is 0 Å². The van der Waals surface area contributed by atoms with Gasteiger partial charge in [-0.1, -0.05) is 0 Å². The Kier molecular flexibility index (Phi) is 3.08. The lowest BCUT2D eigenvalue weighted by molar-refractivity contribution is 0.158. The number of nitrogens with one attached hydrogen (secondary N) is 1. The van der Waals surface area contributed by atoms with Crippen LogP contribution in [0.5, 0.6) is 0 Å². The Morgan fingerprint density at radius 3 is 3.21 bits per heavy atom. The highest BCUT2D eigenvalue weighted by Gasteiger charge is 2.42. The summed E-state index contributed by atoms with van der Waals surface area (Å²) in [5, 5.41) is 11.0. The van der Waals surface area contributed by atoms with Gasteiger partial charge < -0.3 is 24.5 Å². The Labute approximate surface area is 110 Å². The van der Waals surface area contributed by atoms with Gasteiger partial charge in [-0.25, -0.2) is 4.79 Å². The number of allylic oxidation sites excluding steroid dienone is 3. The van der Waals surface area contributed by atoms with E-state index in [-0.39, 0.29) is 12.6 Å². The number of hydrogen-bond acceptors (Lipinski definition) is 4. The maximum absolute atomic E-state index is 10.6. The third kappa shape index (κ3) is 2.15. The lowest BCUT2D eigenvalue weighted by Crippen LogP contribution is -2.41. The first-order valence-electron chi connectivity index (χ1n) is 6.12. The second kappa shape index (κ2) is 4.75. The van der Waals surface area contributed by atoms with Gasteiger partial charge in [0, 0.05) is 6.54 Å². The molecule has 0 aromatic rings. The second-order valence-corrected chi connectivity index (χ2v) is 4.68. The molecule has 0 radical (unpaired) electrons. The van der Waals surface area contributed by atoms with Crippen molar-refractivity contribution >= 4 is 13.2 Å². The SMILES string of the molecule is CC1=C2C=COCC3=C2B(OC3)OC1CNC(=O)O. The highest BCUT2D eigenvalue weighted by molar-refractivity contribution is 6.57. The summed E-state index contributed by atoms with van der Waals surface area (Å²) in [6, 6.07) is 0. The summed E-state index contributed by atoms with van der Waals surface area (Å²) < 4.78 is 16.8. The third-order valence-corrected chi connectivity index (χ3v) is 3.54. The minimum Gasteiger partial charge on any atom is -0.497 e. The fourth-order valence-corrected chi connectivity index (χ4v) is 2.55. The monoisotopic (exact) mass is 263 g/mol. The number of ether oxygens (including phenoxy) is 1. The highest BCUT2D eigenvalue weighted by atomic mass is 16.6. The van der Waals surface area contributed by atoms with Gasteiger partial charge in [0.2, 0.25) is 0 Å². The molecule has 0 aromatic heterocycles. The zero-order valence-corrected chi connectivity index (χ0v) is 10.5. The van der Waals surface area contributed by atoms with Crippen molar-refractivity contribution in [3.63, 3.8) is 0 Å². The zero-order chi connectivity index (χ0) is 13.4. The van der Waals surface area contributed by atoms with E-state index in [2.05, 4.69) is 5.32 Å². The molecule has 2 N–H and O–H groups in total. The summed E-state index contributed by atoms with van der Waals surface area (Å²) in [6.07, 6.45) is 2.19. The molecule has 1 amide bonds. The lowest BCUT2D eigenvalue weighted by Gasteiger charge is -2.29. The molecule has 0 saturated carbocycles. The molecule has 0 spiro atoms. The first kappa shape index (κ1) is 12.3. The Morgan fingerprint density at radius 1 is 1.58 bits per heavy atom. The molecule has 0 aromatic carbocycles. The predicted molar refractivity (Wildman–Crippen MR) is 67.4 cm³/mol. The van der Waals surface area contributed by atoms with Gasteiger partial charge >= 0.3 is 13.2 Å². The molecule has 7 heteroatoms. The van der Waals surface area contributed by atoms with E-state index in [1.54, 1.807) is 6.26 Å². The first-order chi connectivity index (χ1) is 9.16. The van der Waals surface area contributed by atoms with Gasteiger partial charge in [0.25, 0.3) is 0 Å². The van der Waals surface area contributed by atoms with E-state index >= 15 is 0 Å². The van der Waals surface area contributed by atoms with Crippen molar-refractivity contribution < 1.29 is 23.9 Å². The van der Waals surface area contributed by atoms with Crippen molar-refractivity contribution in [1.29, 1.82) is 0 Å². The minimum absolute atomic E-state index is 0.210. The van der Waals surface area contributed by atoms with E-state index < -0.39 is 13.2 Å². The standard InChI is InChI=1S/C12H14BNO5/c1-7-9-2-3-17-5-8-6-18-13(11(8)9)19-10(7)4-14-12(15)16/h2-3,10,14H,4-6H2,1H3,(H,15,16). The van der Waals surface area contributed by atoms with Crippen molar-refractivity contribution in [3.05, 3.63) is 34.5 Å². The average molecular weight is 263 g/mol. The summed E-state index contributed by atoms with van der Waals surface area (Å²) in [7, 11) is -0.416. The van der Waals surface area contributed by atoms with Crippen molar-refractivity contribution in [2.45, 2.75) is 13.0 Å². The molecule has 100 valence electrons. The summed E-state index contributed by atoms with van der Waals surface area (Å²) >= 11 is 0. The molecule has 1 unspecified atom stereocenters. The van der Waals surface area contributed by atoms with E-state index in [0.717, 1.165) is 22.2 Å². The molecular formula is C12H14BNO5. The molecule has 3 heterocycles. The minimum atomic E-state index is -1.06. The zero-order valence-electron chi connectivity index (χ0n) is 10.5. The number of rotatable bonds is 2. The summed E-state index contributed by atoms with van der Waals surface area (Å²) in [5.41, 5.74) is 4.16. The van der Waals surface area contributed by atoms with Crippen LogP contribution in [0.15, 0.2) is 34.5 Å². The molecule has 6 nitrogen and oxygen atoms in total. The maximum atomic E-state index is 10.6. The fourth-order valence-electron chi connectivity index (χ4n) is 2.55. The van der Waals surface area contributed by atoms with Crippen molar-refractivity contribution in [3.8, 4) is 0 Å². The summed E-state index contributed by atoms with van der Waals surface area (Å²) in [5.74, 6) is 0. The highest BCUT2D eigenvalue weighted by Crippen LogP contribution is 2.36. The van der Waals surface area contributed by atoms with Gasteiger partial charge in [0.15, 0.2) is 0 Å². The fraction of sp³-hybridized carbons (Fsp3) is 0.417. The molecule has 0 fully saturated rings. The van der Waals surface area contributed by atoms with Crippen LogP contribution in [-0.4, -0.2) is 44.2 Å². The van der Waals surface area contributed by atoms with E-state index in [1.165, 1.54) is 0 Å². The smallest absolute Gasteiger partial charge is 0.495 e. The normalized spacial score (nSPS) is 25.1. The van der Waals surface area contributed by atoms with Crippen LogP contribution < -0.4 is 5.32 Å². The molecule has 19 heavy (non-hydrogen) atoms. The quantitative estimate of drug-likeness (QED) is 0.723.